The number of nitrogens with one attached hydrogen (secondary N) is 1. The molecule has 0 unspecified atom stereocenters. The molecule has 1 aliphatic carbocycles. The predicted molar refractivity (Wildman–Crippen MR) is 94.4 cm³/mol. The molecule has 2 heterocycles. The van der Waals surface area contributed by atoms with E-state index in [1.165, 1.54) is 11.3 Å². The fourth-order valence-corrected chi connectivity index (χ4v) is 3.54. The Kier molecular flexibility index (Phi) is 4.49. The van der Waals surface area contributed by atoms with Crippen molar-refractivity contribution in [3.63, 3.8) is 0 Å². The summed E-state index contributed by atoms with van der Waals surface area (Å²) in [7, 11) is 0. The standard InChI is InChI=1S/C15H13Cl2N5O2S/c16-9-3-4-11(10(17)5-9)24-7-12(23)18-6-13-21-22-14(8-1-2-8)19-20-15(22)25-13/h3-5,8H,1-2,6-7H2,(H,18,23). The van der Waals surface area contributed by atoms with Gasteiger partial charge in [0.25, 0.3) is 5.91 Å². The first-order valence-electron chi connectivity index (χ1n) is 7.66. The molecule has 1 aromatic carbocycles. The molecule has 1 saturated carbocycles. The molecule has 1 fully saturated rings. The van der Waals surface area contributed by atoms with E-state index in [0.717, 1.165) is 28.6 Å². The normalized spacial score (nSPS) is 14.0. The highest BCUT2D eigenvalue weighted by atomic mass is 35.5. The third-order valence-corrected chi connectivity index (χ3v) is 5.12. The van der Waals surface area contributed by atoms with Crippen molar-refractivity contribution in [3.05, 3.63) is 39.1 Å². The van der Waals surface area contributed by atoms with E-state index in [9.17, 15) is 4.79 Å². The van der Waals surface area contributed by atoms with Crippen LogP contribution in [0.2, 0.25) is 10.0 Å². The Morgan fingerprint density at radius 2 is 2.20 bits per heavy atom. The number of carbonyl (C=O) groups excluding carboxylic acids is 1. The Balaban J connectivity index is 1.32. The summed E-state index contributed by atoms with van der Waals surface area (Å²) < 4.78 is 7.17. The first kappa shape index (κ1) is 16.6. The summed E-state index contributed by atoms with van der Waals surface area (Å²) in [4.78, 5) is 12.7. The fourth-order valence-electron chi connectivity index (χ4n) is 2.30. The molecule has 0 bridgehead atoms. The van der Waals surface area contributed by atoms with Crippen LogP contribution in [-0.4, -0.2) is 32.3 Å². The Bertz CT molecular complexity index is 937. The largest absolute Gasteiger partial charge is 0.482 e. The molecule has 10 heteroatoms. The minimum Gasteiger partial charge on any atom is -0.482 e. The van der Waals surface area contributed by atoms with E-state index in [0.29, 0.717) is 28.3 Å². The molecule has 4 rings (SSSR count). The smallest absolute Gasteiger partial charge is 0.258 e. The lowest BCUT2D eigenvalue weighted by molar-refractivity contribution is -0.123. The number of ether oxygens (including phenoxy) is 1. The minimum absolute atomic E-state index is 0.140. The summed E-state index contributed by atoms with van der Waals surface area (Å²) in [6.45, 7) is 0.174. The van der Waals surface area contributed by atoms with E-state index in [1.807, 2.05) is 0 Å². The van der Waals surface area contributed by atoms with Crippen LogP contribution in [0.1, 0.15) is 29.6 Å². The summed E-state index contributed by atoms with van der Waals surface area (Å²) in [5, 5.41) is 17.2. The van der Waals surface area contributed by atoms with Crippen molar-refractivity contribution in [2.45, 2.75) is 25.3 Å². The zero-order valence-electron chi connectivity index (χ0n) is 12.9. The van der Waals surface area contributed by atoms with Crippen LogP contribution in [0.5, 0.6) is 5.75 Å². The van der Waals surface area contributed by atoms with E-state index < -0.39 is 0 Å². The fraction of sp³-hybridized carbons (Fsp3) is 0.333. The van der Waals surface area contributed by atoms with Gasteiger partial charge in [0, 0.05) is 10.9 Å². The number of carbonyl (C=O) groups is 1. The highest BCUT2D eigenvalue weighted by Crippen LogP contribution is 2.39. The molecule has 0 spiro atoms. The number of halogens is 2. The first-order valence-corrected chi connectivity index (χ1v) is 9.23. The second-order valence-corrected chi connectivity index (χ2v) is 7.55. The van der Waals surface area contributed by atoms with Crippen molar-refractivity contribution >= 4 is 45.4 Å². The van der Waals surface area contributed by atoms with Gasteiger partial charge in [0.2, 0.25) is 4.96 Å². The molecule has 7 nitrogen and oxygen atoms in total. The van der Waals surface area contributed by atoms with Gasteiger partial charge >= 0.3 is 0 Å². The summed E-state index contributed by atoms with van der Waals surface area (Å²) >= 11 is 13.2. The van der Waals surface area contributed by atoms with Crippen molar-refractivity contribution in [1.82, 2.24) is 25.1 Å². The summed E-state index contributed by atoms with van der Waals surface area (Å²) in [6, 6.07) is 4.84. The van der Waals surface area contributed by atoms with E-state index in [4.69, 9.17) is 27.9 Å². The van der Waals surface area contributed by atoms with Crippen LogP contribution >= 0.6 is 34.5 Å². The van der Waals surface area contributed by atoms with Crippen LogP contribution < -0.4 is 10.1 Å². The third-order valence-electron chi connectivity index (χ3n) is 3.69. The van der Waals surface area contributed by atoms with Gasteiger partial charge in [0.15, 0.2) is 12.4 Å². The quantitative estimate of drug-likeness (QED) is 0.690. The van der Waals surface area contributed by atoms with Crippen LogP contribution in [0.3, 0.4) is 0 Å². The lowest BCUT2D eigenvalue weighted by Gasteiger charge is -2.08. The maximum absolute atomic E-state index is 11.9. The molecule has 0 atom stereocenters. The van der Waals surface area contributed by atoms with E-state index in [1.54, 1.807) is 22.7 Å². The highest BCUT2D eigenvalue weighted by Gasteiger charge is 2.30. The van der Waals surface area contributed by atoms with Gasteiger partial charge in [-0.2, -0.15) is 9.61 Å². The molecule has 3 aromatic rings. The van der Waals surface area contributed by atoms with Crippen molar-refractivity contribution in [3.8, 4) is 5.75 Å². The molecule has 1 N–H and O–H groups in total. The maximum Gasteiger partial charge on any atom is 0.258 e. The van der Waals surface area contributed by atoms with E-state index >= 15 is 0 Å². The average molecular weight is 398 g/mol. The molecule has 130 valence electrons. The molecular weight excluding hydrogens is 385 g/mol. The van der Waals surface area contributed by atoms with Crippen molar-refractivity contribution in [2.75, 3.05) is 6.61 Å². The number of hydrogen-bond acceptors (Lipinski definition) is 6. The Hall–Kier alpha value is -1.90. The number of rotatable bonds is 6. The lowest BCUT2D eigenvalue weighted by atomic mass is 10.3. The van der Waals surface area contributed by atoms with Gasteiger partial charge in [0.1, 0.15) is 10.8 Å². The summed E-state index contributed by atoms with van der Waals surface area (Å²) in [6.07, 6.45) is 2.27. The molecular formula is C15H13Cl2N5O2S. The van der Waals surface area contributed by atoms with Crippen LogP contribution in [0.25, 0.3) is 4.96 Å². The van der Waals surface area contributed by atoms with Crippen molar-refractivity contribution < 1.29 is 9.53 Å². The van der Waals surface area contributed by atoms with Crippen LogP contribution in [-0.2, 0) is 11.3 Å². The number of fused-ring (bicyclic) bond motifs is 1. The van der Waals surface area contributed by atoms with Crippen LogP contribution in [0, 0.1) is 0 Å². The van der Waals surface area contributed by atoms with E-state index in [2.05, 4.69) is 20.6 Å². The van der Waals surface area contributed by atoms with Gasteiger partial charge in [-0.25, -0.2) is 0 Å². The Morgan fingerprint density at radius 1 is 1.36 bits per heavy atom. The highest BCUT2D eigenvalue weighted by molar-refractivity contribution is 7.16. The number of benzene rings is 1. The maximum atomic E-state index is 11.9. The molecule has 1 amide bonds. The van der Waals surface area contributed by atoms with Gasteiger partial charge in [-0.1, -0.05) is 34.5 Å². The second-order valence-electron chi connectivity index (χ2n) is 5.66. The molecule has 0 aliphatic heterocycles. The lowest BCUT2D eigenvalue weighted by Crippen LogP contribution is -2.28. The van der Waals surface area contributed by atoms with Crippen LogP contribution in [0.4, 0.5) is 0 Å². The Morgan fingerprint density at radius 3 is 2.96 bits per heavy atom. The van der Waals surface area contributed by atoms with Gasteiger partial charge in [0.05, 0.1) is 11.6 Å². The second kappa shape index (κ2) is 6.78. The van der Waals surface area contributed by atoms with Gasteiger partial charge in [-0.05, 0) is 31.0 Å². The predicted octanol–water partition coefficient (Wildman–Crippen LogP) is 3.07. The minimum atomic E-state index is -0.264. The number of amides is 1. The van der Waals surface area contributed by atoms with Crippen LogP contribution in [0.15, 0.2) is 18.2 Å². The SMILES string of the molecule is O=C(COc1ccc(Cl)cc1Cl)NCc1nn2c(C3CC3)nnc2s1. The van der Waals surface area contributed by atoms with Gasteiger partial charge < -0.3 is 10.1 Å². The zero-order chi connectivity index (χ0) is 17.4. The zero-order valence-corrected chi connectivity index (χ0v) is 15.2. The summed E-state index contributed by atoms with van der Waals surface area (Å²) in [5.41, 5.74) is 0. The number of hydrogen-bond donors (Lipinski definition) is 1. The third kappa shape index (κ3) is 3.70. The molecule has 0 radical (unpaired) electrons. The molecule has 25 heavy (non-hydrogen) atoms. The number of nitrogens with zero attached hydrogens (tertiary/aromatic N) is 4. The van der Waals surface area contributed by atoms with Crippen molar-refractivity contribution in [2.24, 2.45) is 0 Å². The van der Waals surface area contributed by atoms with Gasteiger partial charge in [-0.3, -0.25) is 4.79 Å². The van der Waals surface area contributed by atoms with Crippen molar-refractivity contribution in [1.29, 1.82) is 0 Å². The topological polar surface area (TPSA) is 81.4 Å². The molecule has 2 aromatic heterocycles. The Labute approximate surface area is 156 Å². The first-order chi connectivity index (χ1) is 12.1. The molecule has 1 aliphatic rings. The molecule has 0 saturated heterocycles. The monoisotopic (exact) mass is 397 g/mol. The average Bonchev–Trinajstić information content (AvgIpc) is 3.22. The summed E-state index contributed by atoms with van der Waals surface area (Å²) in [5.74, 6) is 1.52. The number of aromatic nitrogens is 4. The van der Waals surface area contributed by atoms with Gasteiger partial charge in [-0.15, -0.1) is 10.2 Å². The van der Waals surface area contributed by atoms with E-state index in [-0.39, 0.29) is 12.5 Å².